The van der Waals surface area contributed by atoms with E-state index in [4.69, 9.17) is 4.67 Å². The fourth-order valence-electron chi connectivity index (χ4n) is 2.40. The molecule has 0 atom stereocenters. The third kappa shape index (κ3) is 4.19. The van der Waals surface area contributed by atoms with Gasteiger partial charge < -0.3 is 0 Å². The Labute approximate surface area is 134 Å². The first-order valence-electron chi connectivity index (χ1n) is 7.95. The second-order valence-electron chi connectivity index (χ2n) is 7.04. The van der Waals surface area contributed by atoms with E-state index in [9.17, 15) is 0 Å². The Morgan fingerprint density at radius 3 is 2.00 bits per heavy atom. The molecule has 2 aromatic carbocycles. The number of hydrogen-bond acceptors (Lipinski definition) is 0. The molecule has 114 valence electrons. The minimum Gasteiger partial charge on any atom is -0.0956 e. The Morgan fingerprint density at radius 1 is 0.909 bits per heavy atom. The van der Waals surface area contributed by atoms with Crippen molar-refractivity contribution in [1.82, 2.24) is 4.67 Å². The minimum absolute atomic E-state index is 0.00965. The molecule has 0 radical (unpaired) electrons. The zero-order valence-corrected chi connectivity index (χ0v) is 14.3. The average Bonchev–Trinajstić information content (AvgIpc) is 2.47. The Balaban J connectivity index is 2.41. The summed E-state index contributed by atoms with van der Waals surface area (Å²) in [5.41, 5.74) is 4.81. The largest absolute Gasteiger partial charge is 0.316 e. The van der Waals surface area contributed by atoms with Gasteiger partial charge in [0.2, 0.25) is 0 Å². The summed E-state index contributed by atoms with van der Waals surface area (Å²) in [5.74, 6) is 0.562. The lowest BCUT2D eigenvalue weighted by Gasteiger charge is -2.11. The van der Waals surface area contributed by atoms with Crippen LogP contribution < -0.4 is 4.67 Å². The van der Waals surface area contributed by atoms with E-state index in [2.05, 4.69) is 83.1 Å². The maximum atomic E-state index is 4.80. The second-order valence-corrected chi connectivity index (χ2v) is 7.04. The van der Waals surface area contributed by atoms with Gasteiger partial charge in [0.25, 0.3) is 6.21 Å². The van der Waals surface area contributed by atoms with Crippen LogP contribution in [-0.2, 0) is 0 Å². The molecule has 0 heterocycles. The van der Waals surface area contributed by atoms with Gasteiger partial charge in [-0.2, -0.15) is 0 Å². The van der Waals surface area contributed by atoms with Gasteiger partial charge in [0.05, 0.1) is 16.5 Å². The molecule has 0 aromatic heterocycles. The molecule has 1 heteroatoms. The molecule has 2 rings (SSSR count). The van der Waals surface area contributed by atoms with Crippen LogP contribution in [0.25, 0.3) is 0 Å². The van der Waals surface area contributed by atoms with E-state index in [1.807, 2.05) is 12.3 Å². The topological polar surface area (TPSA) is 14.1 Å². The number of nitrogens with zero attached hydrogens (tertiary/aromatic N) is 1. The summed E-state index contributed by atoms with van der Waals surface area (Å²) < 4.78 is 4.80. The zero-order valence-electron chi connectivity index (χ0n) is 14.3. The predicted molar refractivity (Wildman–Crippen MR) is 97.8 cm³/mol. The van der Waals surface area contributed by atoms with Crippen LogP contribution in [0, 0.1) is 5.41 Å². The van der Waals surface area contributed by atoms with Crippen molar-refractivity contribution in [3.05, 3.63) is 71.3 Å². The maximum Gasteiger partial charge on any atom is 0.316 e. The first-order valence-corrected chi connectivity index (χ1v) is 7.95. The molecule has 0 amide bonds. The normalized spacial score (nSPS) is 11.2. The highest BCUT2D eigenvalue weighted by atomic mass is 14.6. The molecular weight excluding hydrogens is 266 g/mol. The van der Waals surface area contributed by atoms with Crippen LogP contribution in [0.4, 0.5) is 0 Å². The summed E-state index contributed by atoms with van der Waals surface area (Å²) in [6.45, 7) is 11.0. The molecule has 0 aliphatic heterocycles. The van der Waals surface area contributed by atoms with Crippen LogP contribution in [0.5, 0.6) is 0 Å². The van der Waals surface area contributed by atoms with Gasteiger partial charge in [0.15, 0.2) is 0 Å². The number of rotatable bonds is 3. The lowest BCUT2D eigenvalue weighted by molar-refractivity contribution is 0.591. The van der Waals surface area contributed by atoms with Crippen LogP contribution in [-0.4, -0.2) is 11.9 Å². The summed E-state index contributed by atoms with van der Waals surface area (Å²) in [7, 11) is 0. The molecular formula is C21H26N+. The molecule has 0 aliphatic carbocycles. The SMILES string of the molecule is CC(C)c1ccc(C=[N+]=C(c2ccccc2)C(C)(C)C)cc1. The van der Waals surface area contributed by atoms with Crippen molar-refractivity contribution < 1.29 is 0 Å². The summed E-state index contributed by atoms with van der Waals surface area (Å²) in [6.07, 6.45) is 1.97. The number of hydrogen-bond donors (Lipinski definition) is 0. The van der Waals surface area contributed by atoms with E-state index in [1.165, 1.54) is 11.1 Å². The standard InChI is InChI=1S/C21H26N/c1-16(2)18-13-11-17(12-14-18)15-22-20(21(3,4)5)19-9-7-6-8-10-19/h6-16H,1-5H3/q+1. The van der Waals surface area contributed by atoms with E-state index in [0.717, 1.165) is 11.3 Å². The van der Waals surface area contributed by atoms with Gasteiger partial charge in [0, 0.05) is 0 Å². The zero-order chi connectivity index (χ0) is 16.2. The van der Waals surface area contributed by atoms with Crippen molar-refractivity contribution in [3.8, 4) is 0 Å². The van der Waals surface area contributed by atoms with Crippen LogP contribution >= 0.6 is 0 Å². The summed E-state index contributed by atoms with van der Waals surface area (Å²) in [5, 5.41) is 0. The third-order valence-corrected chi connectivity index (χ3v) is 3.70. The monoisotopic (exact) mass is 292 g/mol. The molecule has 0 bridgehead atoms. The van der Waals surface area contributed by atoms with E-state index >= 15 is 0 Å². The fourth-order valence-corrected chi connectivity index (χ4v) is 2.40. The molecule has 0 N–H and O–H groups in total. The highest BCUT2D eigenvalue weighted by Crippen LogP contribution is 2.19. The summed E-state index contributed by atoms with van der Waals surface area (Å²) in [4.78, 5) is 0. The predicted octanol–water partition coefficient (Wildman–Crippen LogP) is 4.83. The summed E-state index contributed by atoms with van der Waals surface area (Å²) in [6, 6.07) is 19.1. The van der Waals surface area contributed by atoms with Gasteiger partial charge in [-0.15, -0.1) is 0 Å². The average molecular weight is 292 g/mol. The molecule has 0 saturated heterocycles. The van der Waals surface area contributed by atoms with E-state index in [-0.39, 0.29) is 5.41 Å². The van der Waals surface area contributed by atoms with Gasteiger partial charge in [-0.1, -0.05) is 48.8 Å². The van der Waals surface area contributed by atoms with Gasteiger partial charge in [-0.3, -0.25) is 0 Å². The molecule has 0 saturated carbocycles. The lowest BCUT2D eigenvalue weighted by atomic mass is 9.85. The first-order chi connectivity index (χ1) is 10.4. The van der Waals surface area contributed by atoms with Gasteiger partial charge >= 0.3 is 5.71 Å². The summed E-state index contributed by atoms with van der Waals surface area (Å²) >= 11 is 0. The van der Waals surface area contributed by atoms with Crippen LogP contribution in [0.3, 0.4) is 0 Å². The highest BCUT2D eigenvalue weighted by molar-refractivity contribution is 6.05. The molecule has 22 heavy (non-hydrogen) atoms. The molecule has 0 spiro atoms. The molecule has 0 unspecified atom stereocenters. The van der Waals surface area contributed by atoms with Crippen LogP contribution in [0.15, 0.2) is 54.6 Å². The maximum absolute atomic E-state index is 4.80. The van der Waals surface area contributed by atoms with Crippen molar-refractivity contribution in [2.24, 2.45) is 5.41 Å². The third-order valence-electron chi connectivity index (χ3n) is 3.70. The quantitative estimate of drug-likeness (QED) is 0.568. The molecule has 1 nitrogen and oxygen atoms in total. The Hall–Kier alpha value is -2.11. The molecule has 2 aromatic rings. The molecule has 0 aliphatic rings. The first kappa shape index (κ1) is 16.3. The fraction of sp³-hybridized carbons (Fsp3) is 0.333. The van der Waals surface area contributed by atoms with Crippen molar-refractivity contribution in [1.29, 1.82) is 0 Å². The van der Waals surface area contributed by atoms with Crippen molar-refractivity contribution >= 4 is 11.9 Å². The smallest absolute Gasteiger partial charge is 0.0956 e. The van der Waals surface area contributed by atoms with Crippen molar-refractivity contribution in [3.63, 3.8) is 0 Å². The minimum atomic E-state index is 0.00965. The highest BCUT2D eigenvalue weighted by Gasteiger charge is 2.29. The van der Waals surface area contributed by atoms with Crippen molar-refractivity contribution in [2.45, 2.75) is 40.5 Å². The Morgan fingerprint density at radius 2 is 1.50 bits per heavy atom. The second kappa shape index (κ2) is 6.77. The van der Waals surface area contributed by atoms with E-state index < -0.39 is 0 Å². The number of benzene rings is 2. The van der Waals surface area contributed by atoms with Crippen LogP contribution in [0.2, 0.25) is 0 Å². The van der Waals surface area contributed by atoms with Gasteiger partial charge in [-0.05, 0) is 56.5 Å². The lowest BCUT2D eigenvalue weighted by Crippen LogP contribution is -2.24. The van der Waals surface area contributed by atoms with E-state index in [0.29, 0.717) is 5.92 Å². The molecule has 0 fully saturated rings. The van der Waals surface area contributed by atoms with Crippen molar-refractivity contribution in [2.75, 3.05) is 0 Å². The van der Waals surface area contributed by atoms with Crippen LogP contribution in [0.1, 0.15) is 57.2 Å². The Bertz CT molecular complexity index is 664. The van der Waals surface area contributed by atoms with Gasteiger partial charge in [0.1, 0.15) is 0 Å². The van der Waals surface area contributed by atoms with E-state index in [1.54, 1.807) is 0 Å². The van der Waals surface area contributed by atoms with Gasteiger partial charge in [-0.25, -0.2) is 0 Å². The Kier molecular flexibility index (Phi) is 5.00.